The minimum atomic E-state index is -0.253. The molecule has 0 fully saturated rings. The number of nitrogens with two attached hydrogens (primary N) is 1. The lowest BCUT2D eigenvalue weighted by atomic mass is 10.1. The SMILES string of the molecule is NCCNC(=O)c1ccccc1NC(=O)c1ccsc1. The number of carbonyl (C=O) groups is 2. The van der Waals surface area contributed by atoms with Gasteiger partial charge in [0, 0.05) is 18.5 Å². The first-order valence-electron chi connectivity index (χ1n) is 6.13. The molecule has 0 aliphatic carbocycles. The number of anilines is 1. The van der Waals surface area contributed by atoms with Crippen LogP contribution in [0.1, 0.15) is 20.7 Å². The maximum absolute atomic E-state index is 12.0. The van der Waals surface area contributed by atoms with Crippen LogP contribution in [0.2, 0.25) is 0 Å². The lowest BCUT2D eigenvalue weighted by Gasteiger charge is -2.10. The summed E-state index contributed by atoms with van der Waals surface area (Å²) < 4.78 is 0. The van der Waals surface area contributed by atoms with Gasteiger partial charge in [0.1, 0.15) is 0 Å². The van der Waals surface area contributed by atoms with Gasteiger partial charge in [-0.2, -0.15) is 11.3 Å². The number of hydrogen-bond acceptors (Lipinski definition) is 4. The molecule has 0 bridgehead atoms. The normalized spacial score (nSPS) is 10.1. The molecule has 2 aromatic rings. The zero-order valence-corrected chi connectivity index (χ0v) is 11.6. The van der Waals surface area contributed by atoms with Crippen LogP contribution in [0.15, 0.2) is 41.1 Å². The van der Waals surface area contributed by atoms with Crippen LogP contribution >= 0.6 is 11.3 Å². The zero-order valence-electron chi connectivity index (χ0n) is 10.8. The topological polar surface area (TPSA) is 84.2 Å². The van der Waals surface area contributed by atoms with Crippen molar-refractivity contribution in [1.82, 2.24) is 5.32 Å². The molecule has 0 radical (unpaired) electrons. The number of amides is 2. The van der Waals surface area contributed by atoms with Crippen LogP contribution in [0.5, 0.6) is 0 Å². The lowest BCUT2D eigenvalue weighted by molar-refractivity contribution is 0.0955. The Hall–Kier alpha value is -2.18. The van der Waals surface area contributed by atoms with Crippen LogP contribution in [0.4, 0.5) is 5.69 Å². The molecule has 0 spiro atoms. The molecule has 1 aromatic carbocycles. The van der Waals surface area contributed by atoms with Gasteiger partial charge < -0.3 is 16.4 Å². The molecule has 0 saturated carbocycles. The number of thiophene rings is 1. The van der Waals surface area contributed by atoms with E-state index in [0.717, 1.165) is 0 Å². The predicted molar refractivity (Wildman–Crippen MR) is 80.1 cm³/mol. The average molecular weight is 289 g/mol. The second kappa shape index (κ2) is 6.83. The zero-order chi connectivity index (χ0) is 14.4. The summed E-state index contributed by atoms with van der Waals surface area (Å²) in [5, 5.41) is 9.01. The third kappa shape index (κ3) is 3.43. The van der Waals surface area contributed by atoms with Crippen LogP contribution in [0.3, 0.4) is 0 Å². The highest BCUT2D eigenvalue weighted by molar-refractivity contribution is 7.08. The highest BCUT2D eigenvalue weighted by Gasteiger charge is 2.13. The molecule has 0 saturated heterocycles. The van der Waals surface area contributed by atoms with Gasteiger partial charge in [0.05, 0.1) is 16.8 Å². The molecule has 2 amide bonds. The summed E-state index contributed by atoms with van der Waals surface area (Å²) in [6, 6.07) is 8.61. The van der Waals surface area contributed by atoms with Gasteiger partial charge in [-0.05, 0) is 23.6 Å². The first-order valence-corrected chi connectivity index (χ1v) is 7.07. The highest BCUT2D eigenvalue weighted by atomic mass is 32.1. The van der Waals surface area contributed by atoms with Crippen molar-refractivity contribution in [1.29, 1.82) is 0 Å². The van der Waals surface area contributed by atoms with Crippen molar-refractivity contribution in [3.8, 4) is 0 Å². The van der Waals surface area contributed by atoms with Crippen LogP contribution < -0.4 is 16.4 Å². The molecule has 2 rings (SSSR count). The van der Waals surface area contributed by atoms with Crippen LogP contribution in [0, 0.1) is 0 Å². The van der Waals surface area contributed by atoms with Crippen molar-refractivity contribution < 1.29 is 9.59 Å². The Kier molecular flexibility index (Phi) is 4.86. The molecule has 6 heteroatoms. The molecule has 4 N–H and O–H groups in total. The van der Waals surface area contributed by atoms with E-state index in [-0.39, 0.29) is 11.8 Å². The Balaban J connectivity index is 2.15. The number of nitrogens with one attached hydrogen (secondary N) is 2. The average Bonchev–Trinajstić information content (AvgIpc) is 2.99. The van der Waals surface area contributed by atoms with Crippen molar-refractivity contribution in [2.75, 3.05) is 18.4 Å². The van der Waals surface area contributed by atoms with E-state index in [1.807, 2.05) is 5.38 Å². The molecular formula is C14H15N3O2S. The van der Waals surface area contributed by atoms with Gasteiger partial charge in [-0.1, -0.05) is 12.1 Å². The summed E-state index contributed by atoms with van der Waals surface area (Å²) in [4.78, 5) is 24.0. The van der Waals surface area contributed by atoms with Crippen molar-refractivity contribution in [2.24, 2.45) is 5.73 Å². The Morgan fingerprint density at radius 3 is 2.65 bits per heavy atom. The van der Waals surface area contributed by atoms with Crippen molar-refractivity contribution in [2.45, 2.75) is 0 Å². The summed E-state index contributed by atoms with van der Waals surface area (Å²) in [6.45, 7) is 0.765. The number of benzene rings is 1. The number of hydrogen-bond donors (Lipinski definition) is 3. The van der Waals surface area contributed by atoms with E-state index in [4.69, 9.17) is 5.73 Å². The van der Waals surface area contributed by atoms with Gasteiger partial charge in [0.25, 0.3) is 11.8 Å². The lowest BCUT2D eigenvalue weighted by Crippen LogP contribution is -2.29. The predicted octanol–water partition coefficient (Wildman–Crippen LogP) is 1.69. The van der Waals surface area contributed by atoms with Crippen molar-refractivity contribution in [3.63, 3.8) is 0 Å². The number of carbonyl (C=O) groups excluding carboxylic acids is 2. The van der Waals surface area contributed by atoms with Gasteiger partial charge >= 0.3 is 0 Å². The third-order valence-corrected chi connectivity index (χ3v) is 3.32. The highest BCUT2D eigenvalue weighted by Crippen LogP contribution is 2.17. The monoisotopic (exact) mass is 289 g/mol. The van der Waals surface area contributed by atoms with E-state index in [1.54, 1.807) is 35.7 Å². The standard InChI is InChI=1S/C14H15N3O2S/c15-6-7-16-14(19)11-3-1-2-4-12(11)17-13(18)10-5-8-20-9-10/h1-5,8-9H,6-7,15H2,(H,16,19)(H,17,18). The second-order valence-electron chi connectivity index (χ2n) is 4.06. The summed E-state index contributed by atoms with van der Waals surface area (Å²) >= 11 is 1.45. The van der Waals surface area contributed by atoms with E-state index in [1.165, 1.54) is 11.3 Å². The Morgan fingerprint density at radius 2 is 1.95 bits per heavy atom. The molecule has 0 aliphatic heterocycles. The maximum atomic E-state index is 12.0. The number of rotatable bonds is 5. The van der Waals surface area contributed by atoms with E-state index < -0.39 is 0 Å². The first kappa shape index (κ1) is 14.2. The van der Waals surface area contributed by atoms with E-state index >= 15 is 0 Å². The quantitative estimate of drug-likeness (QED) is 0.783. The summed E-state index contributed by atoms with van der Waals surface area (Å²) in [5.41, 5.74) is 6.84. The third-order valence-electron chi connectivity index (χ3n) is 2.63. The molecule has 104 valence electrons. The van der Waals surface area contributed by atoms with Gasteiger partial charge in [-0.15, -0.1) is 0 Å². The van der Waals surface area contributed by atoms with E-state index in [9.17, 15) is 9.59 Å². The fourth-order valence-electron chi connectivity index (χ4n) is 1.66. The minimum Gasteiger partial charge on any atom is -0.351 e. The molecule has 20 heavy (non-hydrogen) atoms. The van der Waals surface area contributed by atoms with Crippen LogP contribution in [0.25, 0.3) is 0 Å². The van der Waals surface area contributed by atoms with Crippen LogP contribution in [-0.2, 0) is 0 Å². The molecule has 1 heterocycles. The molecule has 0 aliphatic rings. The van der Waals surface area contributed by atoms with Gasteiger partial charge in [0.2, 0.25) is 0 Å². The largest absolute Gasteiger partial charge is 0.351 e. The molecule has 0 atom stereocenters. The van der Waals surface area contributed by atoms with Gasteiger partial charge in [-0.3, -0.25) is 9.59 Å². The summed E-state index contributed by atoms with van der Waals surface area (Å²) in [5.74, 6) is -0.484. The van der Waals surface area contributed by atoms with Crippen molar-refractivity contribution in [3.05, 3.63) is 52.2 Å². The summed E-state index contributed by atoms with van der Waals surface area (Å²) in [6.07, 6.45) is 0. The second-order valence-corrected chi connectivity index (χ2v) is 4.84. The Bertz CT molecular complexity index is 596. The summed E-state index contributed by atoms with van der Waals surface area (Å²) in [7, 11) is 0. The Morgan fingerprint density at radius 1 is 1.15 bits per heavy atom. The van der Waals surface area contributed by atoms with Gasteiger partial charge in [0.15, 0.2) is 0 Å². The first-order chi connectivity index (χ1) is 9.72. The smallest absolute Gasteiger partial charge is 0.256 e. The number of para-hydroxylation sites is 1. The molecular weight excluding hydrogens is 274 g/mol. The fourth-order valence-corrected chi connectivity index (χ4v) is 2.30. The molecule has 0 unspecified atom stereocenters. The minimum absolute atomic E-state index is 0.231. The van der Waals surface area contributed by atoms with Crippen LogP contribution in [-0.4, -0.2) is 24.9 Å². The maximum Gasteiger partial charge on any atom is 0.256 e. The molecule has 5 nitrogen and oxygen atoms in total. The Labute approximate surface area is 120 Å². The fraction of sp³-hybridized carbons (Fsp3) is 0.143. The van der Waals surface area contributed by atoms with E-state index in [0.29, 0.717) is 29.9 Å². The van der Waals surface area contributed by atoms with Gasteiger partial charge in [-0.25, -0.2) is 0 Å². The molecule has 1 aromatic heterocycles. The van der Waals surface area contributed by atoms with Crippen molar-refractivity contribution >= 4 is 28.8 Å². The van der Waals surface area contributed by atoms with E-state index in [2.05, 4.69) is 10.6 Å².